The van der Waals surface area contributed by atoms with E-state index in [1.54, 1.807) is 6.20 Å². The highest BCUT2D eigenvalue weighted by molar-refractivity contribution is 5.94. The molecule has 2 saturated heterocycles. The second kappa shape index (κ2) is 8.04. The lowest BCUT2D eigenvalue weighted by molar-refractivity contribution is 0.0721. The van der Waals surface area contributed by atoms with Gasteiger partial charge in [-0.1, -0.05) is 12.1 Å². The van der Waals surface area contributed by atoms with Gasteiger partial charge >= 0.3 is 0 Å². The third-order valence-electron chi connectivity index (χ3n) is 5.75. The van der Waals surface area contributed by atoms with Crippen LogP contribution in [0.3, 0.4) is 0 Å². The number of nitrogens with one attached hydrogen (secondary N) is 1. The Morgan fingerprint density at radius 3 is 2.88 bits per heavy atom. The minimum Gasteiger partial charge on any atom is -0.334 e. The molecule has 3 heterocycles. The van der Waals surface area contributed by atoms with Crippen LogP contribution in [0.1, 0.15) is 41.6 Å². The van der Waals surface area contributed by atoms with Crippen molar-refractivity contribution < 1.29 is 4.79 Å². The summed E-state index contributed by atoms with van der Waals surface area (Å²) in [6, 6.07) is 10.5. The summed E-state index contributed by atoms with van der Waals surface area (Å²) in [6.45, 7) is 3.87. The van der Waals surface area contributed by atoms with Crippen LogP contribution in [-0.2, 0) is 13.0 Å². The SMILES string of the molecule is O=C(c1cccc(CC2CCNCC2)c1)N1CCC[C@H]1Cn1cccn1. The Bertz CT molecular complexity index is 721. The van der Waals surface area contributed by atoms with E-state index in [4.69, 9.17) is 0 Å². The summed E-state index contributed by atoms with van der Waals surface area (Å²) >= 11 is 0. The Balaban J connectivity index is 1.44. The van der Waals surface area contributed by atoms with E-state index >= 15 is 0 Å². The molecule has 2 aromatic rings. The van der Waals surface area contributed by atoms with Crippen LogP contribution in [-0.4, -0.2) is 46.3 Å². The summed E-state index contributed by atoms with van der Waals surface area (Å²) in [6.07, 6.45) is 9.45. The normalized spacial score (nSPS) is 21.2. The number of carbonyl (C=O) groups excluding carboxylic acids is 1. The van der Waals surface area contributed by atoms with Crippen molar-refractivity contribution in [2.75, 3.05) is 19.6 Å². The van der Waals surface area contributed by atoms with Crippen LogP contribution >= 0.6 is 0 Å². The molecule has 5 heteroatoms. The van der Waals surface area contributed by atoms with E-state index < -0.39 is 0 Å². The molecule has 2 aliphatic heterocycles. The largest absolute Gasteiger partial charge is 0.334 e. The molecule has 2 aliphatic rings. The summed E-state index contributed by atoms with van der Waals surface area (Å²) < 4.78 is 1.93. The molecule has 0 saturated carbocycles. The number of benzene rings is 1. The predicted molar refractivity (Wildman–Crippen MR) is 102 cm³/mol. The van der Waals surface area contributed by atoms with Gasteiger partial charge in [0, 0.05) is 24.5 Å². The first-order valence-corrected chi connectivity index (χ1v) is 9.87. The van der Waals surface area contributed by atoms with E-state index in [0.29, 0.717) is 0 Å². The van der Waals surface area contributed by atoms with Crippen LogP contribution in [0.5, 0.6) is 0 Å². The van der Waals surface area contributed by atoms with Crippen LogP contribution in [0.25, 0.3) is 0 Å². The Hall–Kier alpha value is -2.14. The number of rotatable bonds is 5. The molecule has 1 atom stereocenters. The lowest BCUT2D eigenvalue weighted by Gasteiger charge is -2.25. The van der Waals surface area contributed by atoms with Gasteiger partial charge < -0.3 is 10.2 Å². The number of likely N-dealkylation sites (tertiary alicyclic amines) is 1. The lowest BCUT2D eigenvalue weighted by atomic mass is 9.90. The van der Waals surface area contributed by atoms with Gasteiger partial charge in [-0.15, -0.1) is 0 Å². The van der Waals surface area contributed by atoms with Gasteiger partial charge in [-0.25, -0.2) is 0 Å². The number of aromatic nitrogens is 2. The van der Waals surface area contributed by atoms with Gasteiger partial charge in [-0.2, -0.15) is 5.10 Å². The average molecular weight is 352 g/mol. The van der Waals surface area contributed by atoms with Crippen molar-refractivity contribution in [3.63, 3.8) is 0 Å². The molecule has 5 nitrogen and oxygen atoms in total. The van der Waals surface area contributed by atoms with Gasteiger partial charge in [0.1, 0.15) is 0 Å². The van der Waals surface area contributed by atoms with Crippen LogP contribution in [0, 0.1) is 5.92 Å². The fourth-order valence-corrected chi connectivity index (χ4v) is 4.33. The standard InChI is InChI=1S/C21H28N4O/c26-21(25-13-2-6-20(25)16-24-12-3-9-23-24)19-5-1-4-18(15-19)14-17-7-10-22-11-8-17/h1,3-5,9,12,15,17,20,22H,2,6-8,10-11,13-14,16H2/t20-/m0/s1. The van der Waals surface area contributed by atoms with E-state index in [0.717, 1.165) is 56.9 Å². The quantitative estimate of drug-likeness (QED) is 0.900. The Labute approximate surface area is 155 Å². The second-order valence-electron chi connectivity index (χ2n) is 7.62. The molecular formula is C21H28N4O. The van der Waals surface area contributed by atoms with Crippen molar-refractivity contribution in [3.05, 3.63) is 53.9 Å². The van der Waals surface area contributed by atoms with Crippen LogP contribution in [0.2, 0.25) is 0 Å². The summed E-state index contributed by atoms with van der Waals surface area (Å²) in [5.41, 5.74) is 2.13. The molecule has 4 rings (SSSR count). The molecule has 0 radical (unpaired) electrons. The maximum Gasteiger partial charge on any atom is 0.254 e. The van der Waals surface area contributed by atoms with Gasteiger partial charge in [0.05, 0.1) is 12.6 Å². The maximum atomic E-state index is 13.1. The second-order valence-corrected chi connectivity index (χ2v) is 7.62. The predicted octanol–water partition coefficient (Wildman–Crippen LogP) is 2.73. The van der Waals surface area contributed by atoms with Crippen molar-refractivity contribution in [2.45, 2.75) is 44.7 Å². The fourth-order valence-electron chi connectivity index (χ4n) is 4.33. The van der Waals surface area contributed by atoms with Gasteiger partial charge in [-0.3, -0.25) is 9.48 Å². The molecule has 1 aromatic heterocycles. The van der Waals surface area contributed by atoms with E-state index in [2.05, 4.69) is 22.5 Å². The molecule has 0 unspecified atom stereocenters. The monoisotopic (exact) mass is 352 g/mol. The zero-order valence-corrected chi connectivity index (χ0v) is 15.3. The first kappa shape index (κ1) is 17.3. The van der Waals surface area contributed by atoms with Crippen LogP contribution in [0.15, 0.2) is 42.7 Å². The van der Waals surface area contributed by atoms with Crippen molar-refractivity contribution >= 4 is 5.91 Å². The molecule has 1 amide bonds. The zero-order valence-electron chi connectivity index (χ0n) is 15.3. The summed E-state index contributed by atoms with van der Waals surface area (Å²) in [4.78, 5) is 15.2. The fraction of sp³-hybridized carbons (Fsp3) is 0.524. The van der Waals surface area contributed by atoms with Crippen molar-refractivity contribution in [3.8, 4) is 0 Å². The van der Waals surface area contributed by atoms with E-state index in [1.165, 1.54) is 18.4 Å². The van der Waals surface area contributed by atoms with Gasteiger partial charge in [-0.05, 0) is 74.9 Å². The summed E-state index contributed by atoms with van der Waals surface area (Å²) in [5.74, 6) is 0.910. The third kappa shape index (κ3) is 3.98. The lowest BCUT2D eigenvalue weighted by Crippen LogP contribution is -2.38. The number of hydrogen-bond acceptors (Lipinski definition) is 3. The highest BCUT2D eigenvalue weighted by Crippen LogP contribution is 2.23. The highest BCUT2D eigenvalue weighted by atomic mass is 16.2. The average Bonchev–Trinajstić information content (AvgIpc) is 3.35. The molecular weight excluding hydrogens is 324 g/mol. The Morgan fingerprint density at radius 2 is 2.08 bits per heavy atom. The first-order valence-electron chi connectivity index (χ1n) is 9.87. The van der Waals surface area contributed by atoms with E-state index in [9.17, 15) is 4.79 Å². The minimum absolute atomic E-state index is 0.173. The van der Waals surface area contributed by atoms with Crippen molar-refractivity contribution in [1.29, 1.82) is 0 Å². The molecule has 1 aromatic carbocycles. The Morgan fingerprint density at radius 1 is 1.19 bits per heavy atom. The molecule has 0 spiro atoms. The number of piperidine rings is 1. The number of nitrogens with zero attached hydrogens (tertiary/aromatic N) is 3. The first-order chi connectivity index (χ1) is 12.8. The molecule has 2 fully saturated rings. The highest BCUT2D eigenvalue weighted by Gasteiger charge is 2.30. The number of amides is 1. The number of hydrogen-bond donors (Lipinski definition) is 1. The topological polar surface area (TPSA) is 50.2 Å². The molecule has 26 heavy (non-hydrogen) atoms. The summed E-state index contributed by atoms with van der Waals surface area (Å²) in [7, 11) is 0. The Kier molecular flexibility index (Phi) is 5.34. The molecule has 138 valence electrons. The van der Waals surface area contributed by atoms with Gasteiger partial charge in [0.15, 0.2) is 0 Å². The van der Waals surface area contributed by atoms with E-state index in [1.807, 2.05) is 34.0 Å². The molecule has 0 bridgehead atoms. The minimum atomic E-state index is 0.173. The maximum absolute atomic E-state index is 13.1. The molecule has 0 aliphatic carbocycles. The van der Waals surface area contributed by atoms with E-state index in [-0.39, 0.29) is 11.9 Å². The zero-order chi connectivity index (χ0) is 17.8. The van der Waals surface area contributed by atoms with Gasteiger partial charge in [0.25, 0.3) is 5.91 Å². The van der Waals surface area contributed by atoms with Crippen LogP contribution in [0.4, 0.5) is 0 Å². The van der Waals surface area contributed by atoms with Crippen molar-refractivity contribution in [2.24, 2.45) is 5.92 Å². The van der Waals surface area contributed by atoms with Crippen molar-refractivity contribution in [1.82, 2.24) is 20.0 Å². The number of carbonyl (C=O) groups is 1. The third-order valence-corrected chi connectivity index (χ3v) is 5.75. The summed E-state index contributed by atoms with van der Waals surface area (Å²) in [5, 5.41) is 7.72. The van der Waals surface area contributed by atoms with Gasteiger partial charge in [0.2, 0.25) is 0 Å². The molecule has 1 N–H and O–H groups in total. The smallest absolute Gasteiger partial charge is 0.254 e. The van der Waals surface area contributed by atoms with Crippen LogP contribution < -0.4 is 5.32 Å².